The summed E-state index contributed by atoms with van der Waals surface area (Å²) in [5.41, 5.74) is 0. The number of aliphatic hydroxyl groups excluding tert-OH is 2. The van der Waals surface area contributed by atoms with Gasteiger partial charge in [-0.25, -0.2) is 0 Å². The Kier molecular flexibility index (Phi) is 44.9. The zero-order valence-electron chi connectivity index (χ0n) is 39.4. The van der Waals surface area contributed by atoms with Gasteiger partial charge in [0.15, 0.2) is 0 Å². The number of nitrogens with one attached hydrogen (secondary N) is 1. The van der Waals surface area contributed by atoms with Crippen molar-refractivity contribution < 1.29 is 24.5 Å². The monoisotopic (exact) mass is 856 g/mol. The molecule has 0 aliphatic heterocycles. The Balaban J connectivity index is 4.83. The predicted octanol–water partition coefficient (Wildman–Crippen LogP) is 14.7. The number of esters is 1. The number of rotatable bonds is 41. The molecule has 0 aromatic rings. The first-order chi connectivity index (χ1) is 30.5. The fourth-order valence-electron chi connectivity index (χ4n) is 6.55. The average molecular weight is 856 g/mol. The molecule has 0 saturated carbocycles. The van der Waals surface area contributed by atoms with E-state index in [0.29, 0.717) is 19.3 Å². The molecule has 0 aromatic heterocycles. The minimum atomic E-state index is -0.821. The summed E-state index contributed by atoms with van der Waals surface area (Å²) in [5.74, 6) is -0.595. The number of carbonyl (C=O) groups excluding carboxylic acids is 2. The summed E-state index contributed by atoms with van der Waals surface area (Å²) >= 11 is 0. The molecule has 0 bridgehead atoms. The Morgan fingerprint density at radius 3 is 1.42 bits per heavy atom. The second-order valence-corrected chi connectivity index (χ2v) is 16.1. The number of allylic oxidation sites excluding steroid dienone is 22. The lowest BCUT2D eigenvalue weighted by Gasteiger charge is -2.24. The van der Waals surface area contributed by atoms with Gasteiger partial charge in [-0.05, 0) is 57.8 Å². The van der Waals surface area contributed by atoms with Gasteiger partial charge in [0.2, 0.25) is 5.91 Å². The molecular weight excluding hydrogens is 767 g/mol. The summed E-state index contributed by atoms with van der Waals surface area (Å²) in [5, 5.41) is 23.6. The third kappa shape index (κ3) is 42.7. The zero-order valence-corrected chi connectivity index (χ0v) is 39.4. The van der Waals surface area contributed by atoms with Crippen LogP contribution in [0.15, 0.2) is 134 Å². The maximum Gasteiger partial charge on any atom is 0.306 e. The van der Waals surface area contributed by atoms with Crippen LogP contribution in [0.25, 0.3) is 0 Å². The van der Waals surface area contributed by atoms with Gasteiger partial charge in [0, 0.05) is 6.42 Å². The van der Waals surface area contributed by atoms with Crippen LogP contribution >= 0.6 is 0 Å². The lowest BCUT2D eigenvalue weighted by Crippen LogP contribution is -2.46. The van der Waals surface area contributed by atoms with Crippen molar-refractivity contribution in [3.63, 3.8) is 0 Å². The maximum atomic E-state index is 13.2. The maximum absolute atomic E-state index is 13.2. The van der Waals surface area contributed by atoms with E-state index in [0.717, 1.165) is 83.5 Å². The first-order valence-electron chi connectivity index (χ1n) is 24.6. The minimum Gasteiger partial charge on any atom is -0.462 e. The Bertz CT molecular complexity index is 1370. The summed E-state index contributed by atoms with van der Waals surface area (Å²) in [7, 11) is 0. The largest absolute Gasteiger partial charge is 0.462 e. The van der Waals surface area contributed by atoms with Gasteiger partial charge in [-0.1, -0.05) is 244 Å². The SMILES string of the molecule is CC\C=C/C=C/C=C/C=C\C=C\C=C\CCCC(CC(=O)NC(CO)C(O)CCCCCCCCCCCC)OC(=O)CCCCCCC/C=C/C=C/C=C/C=C/C=C/CCC. The highest BCUT2D eigenvalue weighted by Crippen LogP contribution is 2.16. The van der Waals surface area contributed by atoms with Gasteiger partial charge < -0.3 is 20.3 Å². The molecule has 0 radical (unpaired) electrons. The molecule has 0 saturated heterocycles. The van der Waals surface area contributed by atoms with Crippen molar-refractivity contribution in [2.45, 2.75) is 200 Å². The number of carbonyl (C=O) groups is 2. The standard InChI is InChI=1S/C56H89NO5/c1-4-7-10-13-16-19-22-24-26-27-28-30-32-34-37-40-43-46-49-56(61)62-52(47-44-41-38-35-33-31-29-25-23-20-17-14-11-8-5-2)50-55(60)57-53(51-58)54(59)48-45-42-39-36-21-18-15-12-9-6-3/h8,10-11,13-14,16-17,19-20,22-31,33,35,38,52-54,58-59H,4-7,9,12,15,18,21,32,34,36-37,39-51H2,1-3H3,(H,57,60)/b11-8-,13-10+,17-14+,19-16+,23-20+,24-22+,27-26+,29-25-,30-28+,33-31+,38-35+. The van der Waals surface area contributed by atoms with Gasteiger partial charge in [-0.2, -0.15) is 0 Å². The highest BCUT2D eigenvalue weighted by molar-refractivity contribution is 5.77. The van der Waals surface area contributed by atoms with Crippen molar-refractivity contribution in [2.75, 3.05) is 6.61 Å². The van der Waals surface area contributed by atoms with Crippen LogP contribution in [0.4, 0.5) is 0 Å². The van der Waals surface area contributed by atoms with Crippen LogP contribution < -0.4 is 5.32 Å². The number of hydrogen-bond donors (Lipinski definition) is 3. The van der Waals surface area contributed by atoms with Crippen molar-refractivity contribution in [1.82, 2.24) is 5.32 Å². The van der Waals surface area contributed by atoms with Gasteiger partial charge in [0.25, 0.3) is 0 Å². The first-order valence-corrected chi connectivity index (χ1v) is 24.6. The minimum absolute atomic E-state index is 0.00594. The zero-order chi connectivity index (χ0) is 45.2. The molecule has 0 spiro atoms. The quantitative estimate of drug-likeness (QED) is 0.0323. The molecule has 3 atom stereocenters. The smallest absolute Gasteiger partial charge is 0.306 e. The topological polar surface area (TPSA) is 95.9 Å². The summed E-state index contributed by atoms with van der Waals surface area (Å²) in [6.07, 6.45) is 67.9. The van der Waals surface area contributed by atoms with E-state index in [1.54, 1.807) is 0 Å². The number of aliphatic hydroxyl groups is 2. The molecule has 0 rings (SSSR count). The van der Waals surface area contributed by atoms with E-state index in [2.05, 4.69) is 68.6 Å². The van der Waals surface area contributed by atoms with Crippen molar-refractivity contribution in [3.05, 3.63) is 134 Å². The molecule has 0 aromatic carbocycles. The number of hydrogen-bond acceptors (Lipinski definition) is 5. The molecule has 0 heterocycles. The summed E-state index contributed by atoms with van der Waals surface area (Å²) in [6, 6.07) is -0.740. The normalized spacial score (nSPS) is 14.5. The van der Waals surface area contributed by atoms with E-state index in [1.807, 2.05) is 91.1 Å². The van der Waals surface area contributed by atoms with E-state index >= 15 is 0 Å². The van der Waals surface area contributed by atoms with Crippen molar-refractivity contribution in [1.29, 1.82) is 0 Å². The molecule has 6 nitrogen and oxygen atoms in total. The molecule has 0 aliphatic rings. The molecule has 348 valence electrons. The first kappa shape index (κ1) is 58.0. The van der Waals surface area contributed by atoms with Crippen molar-refractivity contribution >= 4 is 11.9 Å². The van der Waals surface area contributed by atoms with E-state index in [9.17, 15) is 19.8 Å². The van der Waals surface area contributed by atoms with Gasteiger partial charge >= 0.3 is 5.97 Å². The van der Waals surface area contributed by atoms with Crippen LogP contribution in [0.5, 0.6) is 0 Å². The van der Waals surface area contributed by atoms with Crippen molar-refractivity contribution in [3.8, 4) is 0 Å². The molecule has 3 N–H and O–H groups in total. The van der Waals surface area contributed by atoms with Gasteiger partial charge in [0.1, 0.15) is 6.10 Å². The molecular formula is C56H89NO5. The molecule has 1 amide bonds. The lowest BCUT2D eigenvalue weighted by atomic mass is 10.0. The van der Waals surface area contributed by atoms with E-state index in [1.165, 1.54) is 51.4 Å². The molecule has 6 heteroatoms. The third-order valence-electron chi connectivity index (χ3n) is 10.2. The van der Waals surface area contributed by atoms with Crippen LogP contribution in [0.3, 0.4) is 0 Å². The highest BCUT2D eigenvalue weighted by Gasteiger charge is 2.24. The van der Waals surface area contributed by atoms with Crippen LogP contribution in [0.2, 0.25) is 0 Å². The second kappa shape index (κ2) is 48.0. The van der Waals surface area contributed by atoms with Crippen molar-refractivity contribution in [2.24, 2.45) is 0 Å². The van der Waals surface area contributed by atoms with Crippen LogP contribution in [-0.2, 0) is 14.3 Å². The Morgan fingerprint density at radius 1 is 0.484 bits per heavy atom. The van der Waals surface area contributed by atoms with Gasteiger partial charge in [-0.15, -0.1) is 0 Å². The number of ether oxygens (including phenoxy) is 1. The summed E-state index contributed by atoms with van der Waals surface area (Å²) in [4.78, 5) is 26.1. The van der Waals surface area contributed by atoms with E-state index in [4.69, 9.17) is 4.74 Å². The third-order valence-corrected chi connectivity index (χ3v) is 10.2. The number of amides is 1. The molecule has 0 aliphatic carbocycles. The summed E-state index contributed by atoms with van der Waals surface area (Å²) < 4.78 is 5.87. The van der Waals surface area contributed by atoms with E-state index in [-0.39, 0.29) is 24.9 Å². The van der Waals surface area contributed by atoms with Gasteiger partial charge in [0.05, 0.1) is 25.2 Å². The predicted molar refractivity (Wildman–Crippen MR) is 268 cm³/mol. The Morgan fingerprint density at radius 2 is 0.919 bits per heavy atom. The van der Waals surface area contributed by atoms with E-state index < -0.39 is 18.2 Å². The van der Waals surface area contributed by atoms with Crippen LogP contribution in [-0.4, -0.2) is 46.9 Å². The lowest BCUT2D eigenvalue weighted by molar-refractivity contribution is -0.151. The Hall–Kier alpha value is -4.00. The fraction of sp³-hybridized carbons (Fsp3) is 0.571. The molecule has 3 unspecified atom stereocenters. The summed E-state index contributed by atoms with van der Waals surface area (Å²) in [6.45, 7) is 6.18. The molecule has 62 heavy (non-hydrogen) atoms. The van der Waals surface area contributed by atoms with Crippen LogP contribution in [0, 0.1) is 0 Å². The Labute approximate surface area is 380 Å². The molecule has 0 fully saturated rings. The average Bonchev–Trinajstić information content (AvgIpc) is 3.26. The number of unbranched alkanes of at least 4 members (excludes halogenated alkanes) is 16. The highest BCUT2D eigenvalue weighted by atomic mass is 16.5. The van der Waals surface area contributed by atoms with Crippen LogP contribution in [0.1, 0.15) is 181 Å². The fourth-order valence-corrected chi connectivity index (χ4v) is 6.55. The van der Waals surface area contributed by atoms with Gasteiger partial charge in [-0.3, -0.25) is 9.59 Å². The second-order valence-electron chi connectivity index (χ2n) is 16.1.